The number of nitrogens with one attached hydrogen (secondary N) is 2. The standard InChI is InChI=1S/C21H19N3O4/c1-26-17-8-12(9-18(27-2)20(17)28-3)19(25)16-11-23-21(24-16)14-10-22-15-7-5-4-6-13(14)15/h4-11,22H,1-3H3,(H,23,24)/i1D3. The van der Waals surface area contributed by atoms with Crippen LogP contribution in [0, 0.1) is 0 Å². The van der Waals surface area contributed by atoms with Crippen molar-refractivity contribution < 1.29 is 23.1 Å². The number of nitrogens with zero attached hydrogens (tertiary/aromatic N) is 1. The van der Waals surface area contributed by atoms with Gasteiger partial charge in [-0.25, -0.2) is 4.98 Å². The van der Waals surface area contributed by atoms with Gasteiger partial charge in [-0.2, -0.15) is 0 Å². The van der Waals surface area contributed by atoms with Crippen LogP contribution in [0.15, 0.2) is 48.8 Å². The Labute approximate surface area is 165 Å². The predicted octanol–water partition coefficient (Wildman–Crippen LogP) is 3.81. The number of hydrogen-bond acceptors (Lipinski definition) is 5. The number of aromatic nitrogens is 3. The molecule has 0 atom stereocenters. The number of benzene rings is 2. The van der Waals surface area contributed by atoms with E-state index in [1.165, 1.54) is 32.5 Å². The summed E-state index contributed by atoms with van der Waals surface area (Å²) in [4.78, 5) is 23.7. The topological polar surface area (TPSA) is 89.2 Å². The van der Waals surface area contributed by atoms with Crippen LogP contribution in [0.25, 0.3) is 22.3 Å². The van der Waals surface area contributed by atoms with E-state index >= 15 is 0 Å². The second-order valence-corrected chi connectivity index (χ2v) is 6.02. The lowest BCUT2D eigenvalue weighted by Gasteiger charge is -2.13. The van der Waals surface area contributed by atoms with Gasteiger partial charge in [-0.05, 0) is 18.2 Å². The van der Waals surface area contributed by atoms with Gasteiger partial charge in [-0.1, -0.05) is 18.2 Å². The molecule has 0 unspecified atom stereocenters. The molecule has 2 N–H and O–H groups in total. The van der Waals surface area contributed by atoms with Crippen LogP contribution in [-0.4, -0.2) is 42.0 Å². The van der Waals surface area contributed by atoms with Gasteiger partial charge in [0, 0.05) is 34.4 Å². The number of rotatable bonds is 6. The molecule has 4 rings (SSSR count). The number of carbonyl (C=O) groups excluding carboxylic acids is 1. The first-order valence-corrected chi connectivity index (χ1v) is 8.42. The summed E-state index contributed by atoms with van der Waals surface area (Å²) >= 11 is 0. The predicted molar refractivity (Wildman–Crippen MR) is 105 cm³/mol. The van der Waals surface area contributed by atoms with E-state index in [0.717, 1.165) is 16.5 Å². The van der Waals surface area contributed by atoms with Crippen LogP contribution in [0.4, 0.5) is 0 Å². The number of aromatic amines is 2. The smallest absolute Gasteiger partial charge is 0.213 e. The quantitative estimate of drug-likeness (QED) is 0.497. The van der Waals surface area contributed by atoms with Crippen LogP contribution in [0.2, 0.25) is 0 Å². The minimum atomic E-state index is -2.73. The first-order valence-electron chi connectivity index (χ1n) is 9.92. The number of ketones is 1. The van der Waals surface area contributed by atoms with E-state index in [-0.39, 0.29) is 28.5 Å². The molecule has 0 aliphatic carbocycles. The summed E-state index contributed by atoms with van der Waals surface area (Å²) in [5, 5.41) is 0.968. The van der Waals surface area contributed by atoms with E-state index in [4.69, 9.17) is 18.3 Å². The molecule has 7 heteroatoms. The third kappa shape index (κ3) is 2.87. The van der Waals surface area contributed by atoms with Gasteiger partial charge >= 0.3 is 0 Å². The second-order valence-electron chi connectivity index (χ2n) is 6.02. The molecule has 142 valence electrons. The molecule has 0 aliphatic rings. The minimum absolute atomic E-state index is 0.0803. The van der Waals surface area contributed by atoms with Crippen LogP contribution in [0.3, 0.4) is 0 Å². The molecule has 0 aliphatic heterocycles. The fourth-order valence-corrected chi connectivity index (χ4v) is 3.13. The highest BCUT2D eigenvalue weighted by Gasteiger charge is 2.20. The van der Waals surface area contributed by atoms with Crippen LogP contribution >= 0.6 is 0 Å². The summed E-state index contributed by atoms with van der Waals surface area (Å²) in [5.41, 5.74) is 2.09. The first kappa shape index (κ1) is 14.3. The number of fused-ring (bicyclic) bond motifs is 1. The molecule has 2 aromatic heterocycles. The van der Waals surface area contributed by atoms with Gasteiger partial charge < -0.3 is 24.2 Å². The second kappa shape index (κ2) is 7.11. The van der Waals surface area contributed by atoms with E-state index in [2.05, 4.69) is 15.0 Å². The number of H-pyrrole nitrogens is 2. The third-order valence-corrected chi connectivity index (χ3v) is 4.47. The fourth-order valence-electron chi connectivity index (χ4n) is 3.13. The Morgan fingerprint density at radius 3 is 2.57 bits per heavy atom. The molecule has 0 amide bonds. The summed E-state index contributed by atoms with van der Waals surface area (Å²) in [6.45, 7) is 0. The van der Waals surface area contributed by atoms with Crippen LogP contribution in [0.1, 0.15) is 20.2 Å². The maximum atomic E-state index is 13.1. The van der Waals surface area contributed by atoms with E-state index in [1.807, 2.05) is 30.5 Å². The molecule has 4 aromatic rings. The zero-order chi connectivity index (χ0) is 22.2. The highest BCUT2D eigenvalue weighted by atomic mass is 16.5. The summed E-state index contributed by atoms with van der Waals surface area (Å²) in [6.07, 6.45) is 3.32. The van der Waals surface area contributed by atoms with Crippen LogP contribution in [0.5, 0.6) is 17.2 Å². The maximum Gasteiger partial charge on any atom is 0.213 e. The number of ether oxygens (including phenoxy) is 3. The molecule has 0 saturated carbocycles. The Morgan fingerprint density at radius 2 is 1.82 bits per heavy atom. The summed E-state index contributed by atoms with van der Waals surface area (Å²) in [7, 11) is 0.0105. The molecule has 7 nitrogen and oxygen atoms in total. The number of methoxy groups -OCH3 is 3. The van der Waals surface area contributed by atoms with Gasteiger partial charge in [0.25, 0.3) is 0 Å². The number of hydrogen-bond donors (Lipinski definition) is 2. The molecule has 0 radical (unpaired) electrons. The van der Waals surface area contributed by atoms with Crippen molar-refractivity contribution in [1.29, 1.82) is 0 Å². The fraction of sp³-hybridized carbons (Fsp3) is 0.143. The largest absolute Gasteiger partial charge is 0.493 e. The average Bonchev–Trinajstić information content (AvgIpc) is 3.38. The molecular formula is C21H19N3O4. The first-order chi connectivity index (χ1) is 14.8. The normalized spacial score (nSPS) is 12.9. The third-order valence-electron chi connectivity index (χ3n) is 4.47. The van der Waals surface area contributed by atoms with Crippen molar-refractivity contribution in [2.24, 2.45) is 0 Å². The van der Waals surface area contributed by atoms with Gasteiger partial charge in [-0.3, -0.25) is 4.79 Å². The van der Waals surface area contributed by atoms with Crippen molar-refractivity contribution in [2.45, 2.75) is 0 Å². The summed E-state index contributed by atoms with van der Waals surface area (Å²) < 4.78 is 37.6. The van der Waals surface area contributed by atoms with Crippen molar-refractivity contribution in [3.8, 4) is 28.6 Å². The Hall–Kier alpha value is -3.74. The summed E-state index contributed by atoms with van der Waals surface area (Å²) in [6, 6.07) is 10.5. The van der Waals surface area contributed by atoms with Gasteiger partial charge in [-0.15, -0.1) is 0 Å². The monoisotopic (exact) mass is 380 g/mol. The Morgan fingerprint density at radius 1 is 1.04 bits per heavy atom. The van der Waals surface area contributed by atoms with E-state index < -0.39 is 12.8 Å². The van der Waals surface area contributed by atoms with Crippen molar-refractivity contribution in [2.75, 3.05) is 21.3 Å². The Kier molecular flexibility index (Phi) is 3.64. The van der Waals surface area contributed by atoms with Gasteiger partial charge in [0.05, 0.1) is 25.4 Å². The molecule has 0 bridgehead atoms. The minimum Gasteiger partial charge on any atom is -0.493 e. The highest BCUT2D eigenvalue weighted by Crippen LogP contribution is 2.38. The average molecular weight is 380 g/mol. The maximum absolute atomic E-state index is 13.1. The zero-order valence-corrected chi connectivity index (χ0v) is 15.2. The molecule has 2 heterocycles. The summed E-state index contributed by atoms with van der Waals surface area (Å²) in [5.74, 6) is 0.216. The van der Waals surface area contributed by atoms with E-state index in [1.54, 1.807) is 0 Å². The van der Waals surface area contributed by atoms with Crippen molar-refractivity contribution in [3.63, 3.8) is 0 Å². The van der Waals surface area contributed by atoms with Crippen molar-refractivity contribution in [3.05, 3.63) is 60.0 Å². The lowest BCUT2D eigenvalue weighted by molar-refractivity contribution is 0.103. The van der Waals surface area contributed by atoms with E-state index in [0.29, 0.717) is 5.82 Å². The Balaban J connectivity index is 1.72. The highest BCUT2D eigenvalue weighted by molar-refractivity contribution is 6.09. The molecule has 0 fully saturated rings. The molecule has 28 heavy (non-hydrogen) atoms. The number of carbonyl (C=O) groups is 1. The number of para-hydroxylation sites is 1. The Bertz CT molecular complexity index is 1260. The van der Waals surface area contributed by atoms with Gasteiger partial charge in [0.15, 0.2) is 11.5 Å². The van der Waals surface area contributed by atoms with Gasteiger partial charge in [0.1, 0.15) is 11.5 Å². The molecular weight excluding hydrogens is 358 g/mol. The molecule has 2 aromatic carbocycles. The lowest BCUT2D eigenvalue weighted by Crippen LogP contribution is -2.04. The van der Waals surface area contributed by atoms with Crippen molar-refractivity contribution in [1.82, 2.24) is 15.0 Å². The van der Waals surface area contributed by atoms with E-state index in [9.17, 15) is 4.79 Å². The zero-order valence-electron chi connectivity index (χ0n) is 18.2. The van der Waals surface area contributed by atoms with Crippen LogP contribution in [-0.2, 0) is 0 Å². The molecule has 0 saturated heterocycles. The SMILES string of the molecule is [2H]C([2H])([2H])Oc1cc(C(=O)c2c[nH]c(-c3c[nH]c4ccccc34)n2)cc(OC)c1OC. The van der Waals surface area contributed by atoms with Crippen LogP contribution < -0.4 is 14.2 Å². The van der Waals surface area contributed by atoms with Gasteiger partial charge in [0.2, 0.25) is 11.5 Å². The lowest BCUT2D eigenvalue weighted by atomic mass is 10.1. The number of imidazole rings is 1. The van der Waals surface area contributed by atoms with Crippen molar-refractivity contribution >= 4 is 16.7 Å². The molecule has 0 spiro atoms.